The molecule has 2 N–H and O–H groups in total. The first-order valence-corrected chi connectivity index (χ1v) is 7.29. The summed E-state index contributed by atoms with van der Waals surface area (Å²) in [7, 11) is 1.89. The molecule has 2 aromatic rings. The number of aryl methyl sites for hydroxylation is 2. The van der Waals surface area contributed by atoms with E-state index >= 15 is 0 Å². The predicted molar refractivity (Wildman–Crippen MR) is 77.3 cm³/mol. The van der Waals surface area contributed by atoms with E-state index in [2.05, 4.69) is 15.3 Å². The third kappa shape index (κ3) is 2.71. The van der Waals surface area contributed by atoms with Crippen molar-refractivity contribution in [2.45, 2.75) is 37.7 Å². The molecule has 0 unspecified atom stereocenters. The first-order chi connectivity index (χ1) is 8.91. The Kier molecular flexibility index (Phi) is 4.05. The fourth-order valence-electron chi connectivity index (χ4n) is 1.84. The summed E-state index contributed by atoms with van der Waals surface area (Å²) >= 11 is 7.78. The Hall–Kier alpha value is -1.21. The largest absolute Gasteiger partial charge is 0.368 e. The van der Waals surface area contributed by atoms with E-state index in [-0.39, 0.29) is 6.04 Å². The van der Waals surface area contributed by atoms with E-state index in [9.17, 15) is 0 Å². The van der Waals surface area contributed by atoms with Crippen LogP contribution < -0.4 is 5.73 Å². The first kappa shape index (κ1) is 14.2. The summed E-state index contributed by atoms with van der Waals surface area (Å²) in [6.07, 6.45) is 0. The third-order valence-corrected chi connectivity index (χ3v) is 4.25. The molecule has 19 heavy (non-hydrogen) atoms. The molecule has 0 amide bonds. The van der Waals surface area contributed by atoms with E-state index in [4.69, 9.17) is 17.3 Å². The average Bonchev–Trinajstić information content (AvgIpc) is 2.80. The van der Waals surface area contributed by atoms with Gasteiger partial charge in [-0.05, 0) is 20.8 Å². The minimum absolute atomic E-state index is 0.223. The van der Waals surface area contributed by atoms with Crippen molar-refractivity contribution >= 4 is 29.3 Å². The molecule has 8 heteroatoms. The molecular formula is C11H17ClN6S. The number of rotatable bonds is 4. The molecule has 2 heterocycles. The highest BCUT2D eigenvalue weighted by atomic mass is 35.5. The summed E-state index contributed by atoms with van der Waals surface area (Å²) in [6, 6.07) is 0.223. The number of anilines is 1. The minimum Gasteiger partial charge on any atom is -0.368 e. The zero-order valence-electron chi connectivity index (χ0n) is 11.4. The molecule has 0 radical (unpaired) electrons. The first-order valence-electron chi connectivity index (χ1n) is 5.93. The number of nitrogens with two attached hydrogens (primary N) is 1. The normalized spacial score (nSPS) is 11.5. The summed E-state index contributed by atoms with van der Waals surface area (Å²) < 4.78 is 3.70. The lowest BCUT2D eigenvalue weighted by atomic mass is 10.4. The van der Waals surface area contributed by atoms with Gasteiger partial charge in [0.25, 0.3) is 0 Å². The average molecular weight is 301 g/mol. The number of aromatic nitrogens is 5. The second-order valence-corrected chi connectivity index (χ2v) is 5.88. The predicted octanol–water partition coefficient (Wildman–Crippen LogP) is 2.43. The Morgan fingerprint density at radius 2 is 2.05 bits per heavy atom. The lowest BCUT2D eigenvalue weighted by Gasteiger charge is -2.11. The van der Waals surface area contributed by atoms with Crippen LogP contribution in [0.5, 0.6) is 0 Å². The van der Waals surface area contributed by atoms with Gasteiger partial charge < -0.3 is 5.73 Å². The molecule has 0 saturated carbocycles. The van der Waals surface area contributed by atoms with Gasteiger partial charge in [-0.25, -0.2) is 0 Å². The van der Waals surface area contributed by atoms with Crippen LogP contribution in [0.2, 0.25) is 5.02 Å². The highest BCUT2D eigenvalue weighted by Gasteiger charge is 2.16. The molecule has 6 nitrogen and oxygen atoms in total. The summed E-state index contributed by atoms with van der Waals surface area (Å²) in [6.45, 7) is 5.99. The molecule has 0 bridgehead atoms. The van der Waals surface area contributed by atoms with E-state index in [0.717, 1.165) is 16.5 Å². The smallest absolute Gasteiger partial charge is 0.222 e. The number of halogens is 1. The standard InChI is InChI=1S/C11H17ClN6S/c1-6(2)18-10(13)14-15-11(18)19-5-8-9(12)7(3)16-17(8)4/h6H,5H2,1-4H3,(H2,13,14). The van der Waals surface area contributed by atoms with Gasteiger partial charge in [0.15, 0.2) is 5.16 Å². The maximum atomic E-state index is 6.22. The van der Waals surface area contributed by atoms with Crippen molar-refractivity contribution in [3.05, 3.63) is 16.4 Å². The van der Waals surface area contributed by atoms with Crippen molar-refractivity contribution in [3.8, 4) is 0 Å². The fourth-order valence-corrected chi connectivity index (χ4v) is 3.29. The van der Waals surface area contributed by atoms with Crippen molar-refractivity contribution in [1.82, 2.24) is 24.5 Å². The van der Waals surface area contributed by atoms with Gasteiger partial charge in [-0.1, -0.05) is 23.4 Å². The maximum absolute atomic E-state index is 6.22. The Balaban J connectivity index is 2.19. The molecule has 0 aliphatic carbocycles. The van der Waals surface area contributed by atoms with Gasteiger partial charge in [0.1, 0.15) is 0 Å². The van der Waals surface area contributed by atoms with E-state index in [1.807, 2.05) is 32.4 Å². The van der Waals surface area contributed by atoms with Crippen LogP contribution in [0.15, 0.2) is 5.16 Å². The van der Waals surface area contributed by atoms with Crippen LogP contribution in [-0.4, -0.2) is 24.5 Å². The molecule has 0 spiro atoms. The van der Waals surface area contributed by atoms with Gasteiger partial charge in [-0.2, -0.15) is 5.10 Å². The molecule has 2 rings (SSSR count). The Bertz CT molecular complexity index is 588. The van der Waals surface area contributed by atoms with Crippen molar-refractivity contribution in [2.24, 2.45) is 7.05 Å². The van der Waals surface area contributed by atoms with Crippen LogP contribution in [0.25, 0.3) is 0 Å². The SMILES string of the molecule is Cc1nn(C)c(CSc2nnc(N)n2C(C)C)c1Cl. The summed E-state index contributed by atoms with van der Waals surface area (Å²) in [4.78, 5) is 0. The molecule has 0 aliphatic heterocycles. The highest BCUT2D eigenvalue weighted by molar-refractivity contribution is 7.98. The minimum atomic E-state index is 0.223. The van der Waals surface area contributed by atoms with Crippen LogP contribution >= 0.6 is 23.4 Å². The molecule has 104 valence electrons. The topological polar surface area (TPSA) is 74.6 Å². The molecule has 0 fully saturated rings. The number of nitrogen functional groups attached to an aromatic ring is 1. The van der Waals surface area contributed by atoms with Crippen LogP contribution in [0.3, 0.4) is 0 Å². The van der Waals surface area contributed by atoms with Crippen molar-refractivity contribution in [1.29, 1.82) is 0 Å². The maximum Gasteiger partial charge on any atom is 0.222 e. The Morgan fingerprint density at radius 1 is 1.37 bits per heavy atom. The summed E-state index contributed by atoms with van der Waals surface area (Å²) in [5.41, 5.74) is 7.62. The number of nitrogens with zero attached hydrogens (tertiary/aromatic N) is 5. The lowest BCUT2D eigenvalue weighted by molar-refractivity contribution is 0.557. The van der Waals surface area contributed by atoms with Gasteiger partial charge in [-0.3, -0.25) is 9.25 Å². The number of thioether (sulfide) groups is 1. The van der Waals surface area contributed by atoms with Crippen LogP contribution in [-0.2, 0) is 12.8 Å². The number of hydrogen-bond donors (Lipinski definition) is 1. The summed E-state index contributed by atoms with van der Waals surface area (Å²) in [5.74, 6) is 1.12. The van der Waals surface area contributed by atoms with E-state index < -0.39 is 0 Å². The van der Waals surface area contributed by atoms with Crippen molar-refractivity contribution in [2.75, 3.05) is 5.73 Å². The molecule has 0 atom stereocenters. The van der Waals surface area contributed by atoms with Gasteiger partial charge >= 0.3 is 0 Å². The summed E-state index contributed by atoms with van der Waals surface area (Å²) in [5, 5.41) is 13.8. The van der Waals surface area contributed by atoms with E-state index in [1.165, 1.54) is 0 Å². The van der Waals surface area contributed by atoms with Gasteiger partial charge in [0, 0.05) is 18.8 Å². The Morgan fingerprint density at radius 3 is 2.58 bits per heavy atom. The second kappa shape index (κ2) is 5.42. The van der Waals surface area contributed by atoms with Crippen molar-refractivity contribution < 1.29 is 0 Å². The van der Waals surface area contributed by atoms with E-state index in [0.29, 0.717) is 16.7 Å². The molecule has 2 aromatic heterocycles. The third-order valence-electron chi connectivity index (χ3n) is 2.81. The van der Waals surface area contributed by atoms with Gasteiger partial charge in [-0.15, -0.1) is 10.2 Å². The quantitative estimate of drug-likeness (QED) is 0.878. The lowest BCUT2D eigenvalue weighted by Crippen LogP contribution is -2.07. The second-order valence-electron chi connectivity index (χ2n) is 4.56. The molecule has 0 aromatic carbocycles. The molecule has 0 aliphatic rings. The van der Waals surface area contributed by atoms with Gasteiger partial charge in [0.05, 0.1) is 16.4 Å². The van der Waals surface area contributed by atoms with Crippen LogP contribution in [0.4, 0.5) is 5.95 Å². The van der Waals surface area contributed by atoms with Gasteiger partial charge in [0.2, 0.25) is 5.95 Å². The van der Waals surface area contributed by atoms with E-state index in [1.54, 1.807) is 16.4 Å². The highest BCUT2D eigenvalue weighted by Crippen LogP contribution is 2.29. The Labute approximate surface area is 121 Å². The zero-order chi connectivity index (χ0) is 14.2. The van der Waals surface area contributed by atoms with Crippen LogP contribution in [0.1, 0.15) is 31.3 Å². The molecular weight excluding hydrogens is 284 g/mol. The van der Waals surface area contributed by atoms with Crippen molar-refractivity contribution in [3.63, 3.8) is 0 Å². The zero-order valence-corrected chi connectivity index (χ0v) is 13.0. The number of hydrogen-bond acceptors (Lipinski definition) is 5. The molecule has 0 saturated heterocycles. The fraction of sp³-hybridized carbons (Fsp3) is 0.545. The monoisotopic (exact) mass is 300 g/mol. The van der Waals surface area contributed by atoms with Crippen LogP contribution in [0, 0.1) is 6.92 Å².